The number of anilines is 1. The lowest BCUT2D eigenvalue weighted by Gasteiger charge is -2.17. The number of carbonyl (C=O) groups is 1. The number of hydrogen-bond acceptors (Lipinski definition) is 5. The number of nitrogens with one attached hydrogen (secondary N) is 1. The Labute approximate surface area is 116 Å². The van der Waals surface area contributed by atoms with Crippen molar-refractivity contribution in [3.05, 3.63) is 30.8 Å². The van der Waals surface area contributed by atoms with Gasteiger partial charge in [0.15, 0.2) is 5.76 Å². The standard InChI is InChI=1S/C14H16N4O2/c1-10(19)17-11-4-5-18(8-11)14-7-12(15-9-16-14)13-3-2-6-20-13/h2-3,6-7,9,11H,4-5,8H2,1H3,(H,17,19). The first-order valence-electron chi connectivity index (χ1n) is 6.60. The van der Waals surface area contributed by atoms with Crippen molar-refractivity contribution >= 4 is 11.7 Å². The topological polar surface area (TPSA) is 71.3 Å². The predicted octanol–water partition coefficient (Wildman–Crippen LogP) is 1.45. The van der Waals surface area contributed by atoms with Gasteiger partial charge in [-0.15, -0.1) is 0 Å². The summed E-state index contributed by atoms with van der Waals surface area (Å²) in [5.41, 5.74) is 0.767. The molecule has 0 aliphatic carbocycles. The van der Waals surface area contributed by atoms with Crippen LogP contribution >= 0.6 is 0 Å². The molecule has 1 aliphatic heterocycles. The van der Waals surface area contributed by atoms with Crippen molar-refractivity contribution in [3.63, 3.8) is 0 Å². The first-order chi connectivity index (χ1) is 9.72. The zero-order valence-corrected chi connectivity index (χ0v) is 11.2. The van der Waals surface area contributed by atoms with Gasteiger partial charge in [0.1, 0.15) is 17.8 Å². The van der Waals surface area contributed by atoms with Gasteiger partial charge in [0.05, 0.1) is 6.26 Å². The van der Waals surface area contributed by atoms with Gasteiger partial charge in [-0.05, 0) is 18.6 Å². The summed E-state index contributed by atoms with van der Waals surface area (Å²) in [7, 11) is 0. The summed E-state index contributed by atoms with van der Waals surface area (Å²) in [5, 5.41) is 2.94. The van der Waals surface area contributed by atoms with E-state index in [1.807, 2.05) is 18.2 Å². The Morgan fingerprint density at radius 2 is 2.40 bits per heavy atom. The third kappa shape index (κ3) is 2.64. The molecule has 1 aliphatic rings. The van der Waals surface area contributed by atoms with Crippen LogP contribution in [0.5, 0.6) is 0 Å². The zero-order chi connectivity index (χ0) is 13.9. The molecule has 0 saturated carbocycles. The van der Waals surface area contributed by atoms with Gasteiger partial charge in [0.25, 0.3) is 0 Å². The molecule has 1 N–H and O–H groups in total. The van der Waals surface area contributed by atoms with Gasteiger partial charge in [-0.2, -0.15) is 0 Å². The molecule has 1 fully saturated rings. The maximum Gasteiger partial charge on any atom is 0.217 e. The highest BCUT2D eigenvalue weighted by molar-refractivity contribution is 5.73. The Kier molecular flexibility index (Phi) is 3.37. The molecule has 104 valence electrons. The fourth-order valence-corrected chi connectivity index (χ4v) is 2.45. The predicted molar refractivity (Wildman–Crippen MR) is 74.2 cm³/mol. The first-order valence-corrected chi connectivity index (χ1v) is 6.60. The second-order valence-corrected chi connectivity index (χ2v) is 4.87. The molecule has 3 rings (SSSR count). The molecule has 20 heavy (non-hydrogen) atoms. The van der Waals surface area contributed by atoms with Gasteiger partial charge in [0, 0.05) is 32.1 Å². The van der Waals surface area contributed by atoms with E-state index >= 15 is 0 Å². The van der Waals surface area contributed by atoms with Crippen molar-refractivity contribution < 1.29 is 9.21 Å². The molecule has 1 saturated heterocycles. The molecular weight excluding hydrogens is 256 g/mol. The smallest absolute Gasteiger partial charge is 0.217 e. The fraction of sp³-hybridized carbons (Fsp3) is 0.357. The van der Waals surface area contributed by atoms with Crippen LogP contribution in [0.3, 0.4) is 0 Å². The van der Waals surface area contributed by atoms with E-state index in [9.17, 15) is 4.79 Å². The summed E-state index contributed by atoms with van der Waals surface area (Å²) in [5.74, 6) is 1.60. The SMILES string of the molecule is CC(=O)NC1CCN(c2cc(-c3ccco3)ncn2)C1. The van der Waals surface area contributed by atoms with Crippen molar-refractivity contribution in [1.82, 2.24) is 15.3 Å². The van der Waals surface area contributed by atoms with Crippen LogP contribution in [0.25, 0.3) is 11.5 Å². The van der Waals surface area contributed by atoms with E-state index in [0.717, 1.165) is 36.8 Å². The lowest BCUT2D eigenvalue weighted by Crippen LogP contribution is -2.35. The van der Waals surface area contributed by atoms with Crippen molar-refractivity contribution in [2.75, 3.05) is 18.0 Å². The number of rotatable bonds is 3. The number of nitrogens with zero attached hydrogens (tertiary/aromatic N) is 3. The number of aromatic nitrogens is 2. The molecule has 1 atom stereocenters. The van der Waals surface area contributed by atoms with E-state index < -0.39 is 0 Å². The Morgan fingerprint density at radius 1 is 1.50 bits per heavy atom. The summed E-state index contributed by atoms with van der Waals surface area (Å²) >= 11 is 0. The van der Waals surface area contributed by atoms with E-state index in [1.54, 1.807) is 19.5 Å². The molecular formula is C14H16N4O2. The van der Waals surface area contributed by atoms with Crippen LogP contribution < -0.4 is 10.2 Å². The lowest BCUT2D eigenvalue weighted by atomic mass is 10.2. The highest BCUT2D eigenvalue weighted by atomic mass is 16.3. The van der Waals surface area contributed by atoms with Gasteiger partial charge < -0.3 is 14.6 Å². The normalized spacial score (nSPS) is 18.2. The van der Waals surface area contributed by atoms with Crippen molar-refractivity contribution in [3.8, 4) is 11.5 Å². The van der Waals surface area contributed by atoms with Gasteiger partial charge in [-0.1, -0.05) is 0 Å². The third-order valence-corrected chi connectivity index (χ3v) is 3.35. The van der Waals surface area contributed by atoms with E-state index in [-0.39, 0.29) is 11.9 Å². The van der Waals surface area contributed by atoms with E-state index in [0.29, 0.717) is 0 Å². The Bertz CT molecular complexity index is 597. The average molecular weight is 272 g/mol. The van der Waals surface area contributed by atoms with E-state index in [2.05, 4.69) is 20.2 Å². The monoisotopic (exact) mass is 272 g/mol. The van der Waals surface area contributed by atoms with Gasteiger partial charge in [-0.25, -0.2) is 9.97 Å². The average Bonchev–Trinajstić information content (AvgIpc) is 3.09. The molecule has 6 nitrogen and oxygen atoms in total. The first kappa shape index (κ1) is 12.7. The highest BCUT2D eigenvalue weighted by Crippen LogP contribution is 2.23. The quantitative estimate of drug-likeness (QED) is 0.915. The second-order valence-electron chi connectivity index (χ2n) is 4.87. The summed E-state index contributed by atoms with van der Waals surface area (Å²) in [6, 6.07) is 5.81. The summed E-state index contributed by atoms with van der Waals surface area (Å²) in [6.07, 6.45) is 4.10. The van der Waals surface area contributed by atoms with Gasteiger partial charge in [-0.3, -0.25) is 4.79 Å². The van der Waals surface area contributed by atoms with E-state index in [1.165, 1.54) is 0 Å². The molecule has 0 radical (unpaired) electrons. The molecule has 0 spiro atoms. The molecule has 6 heteroatoms. The van der Waals surface area contributed by atoms with Gasteiger partial charge in [0.2, 0.25) is 5.91 Å². The molecule has 3 heterocycles. The molecule has 1 amide bonds. The number of amides is 1. The van der Waals surface area contributed by atoms with Gasteiger partial charge >= 0.3 is 0 Å². The largest absolute Gasteiger partial charge is 0.463 e. The minimum Gasteiger partial charge on any atom is -0.463 e. The Morgan fingerprint density at radius 3 is 3.15 bits per heavy atom. The Balaban J connectivity index is 1.75. The summed E-state index contributed by atoms with van der Waals surface area (Å²) in [4.78, 5) is 21.8. The maximum absolute atomic E-state index is 11.1. The summed E-state index contributed by atoms with van der Waals surface area (Å²) < 4.78 is 5.35. The van der Waals surface area contributed by atoms with Crippen molar-refractivity contribution in [1.29, 1.82) is 0 Å². The van der Waals surface area contributed by atoms with Crippen LogP contribution in [0, 0.1) is 0 Å². The van der Waals surface area contributed by atoms with Crippen molar-refractivity contribution in [2.45, 2.75) is 19.4 Å². The number of carbonyl (C=O) groups excluding carboxylic acids is 1. The van der Waals surface area contributed by atoms with Crippen LogP contribution in [0.2, 0.25) is 0 Å². The number of furan rings is 1. The van der Waals surface area contributed by atoms with Crippen LogP contribution in [0.15, 0.2) is 35.2 Å². The molecule has 1 unspecified atom stereocenters. The van der Waals surface area contributed by atoms with Crippen molar-refractivity contribution in [2.24, 2.45) is 0 Å². The van der Waals surface area contributed by atoms with Crippen LogP contribution in [-0.2, 0) is 4.79 Å². The number of hydrogen-bond donors (Lipinski definition) is 1. The second kappa shape index (κ2) is 5.32. The maximum atomic E-state index is 11.1. The minimum absolute atomic E-state index is 0.0100. The minimum atomic E-state index is 0.0100. The third-order valence-electron chi connectivity index (χ3n) is 3.35. The molecule has 2 aromatic heterocycles. The summed E-state index contributed by atoms with van der Waals surface area (Å²) in [6.45, 7) is 3.19. The van der Waals surface area contributed by atoms with Crippen LogP contribution in [0.4, 0.5) is 5.82 Å². The van der Waals surface area contributed by atoms with Crippen LogP contribution in [-0.4, -0.2) is 35.0 Å². The molecule has 0 bridgehead atoms. The highest BCUT2D eigenvalue weighted by Gasteiger charge is 2.24. The van der Waals surface area contributed by atoms with Crippen LogP contribution in [0.1, 0.15) is 13.3 Å². The van der Waals surface area contributed by atoms with E-state index in [4.69, 9.17) is 4.42 Å². The molecule has 2 aromatic rings. The molecule has 0 aromatic carbocycles. The Hall–Kier alpha value is -2.37. The fourth-order valence-electron chi connectivity index (χ4n) is 2.45. The zero-order valence-electron chi connectivity index (χ0n) is 11.2. The lowest BCUT2D eigenvalue weighted by molar-refractivity contribution is -0.119.